The molecule has 0 aliphatic carbocycles. The van der Waals surface area contributed by atoms with Gasteiger partial charge in [0.25, 0.3) is 0 Å². The lowest BCUT2D eigenvalue weighted by Crippen LogP contribution is -2.28. The molecule has 16 aromatic carbocycles. The topological polar surface area (TPSA) is 65.1 Å². The molecule has 4 aromatic heterocycles. The third-order valence-corrected chi connectivity index (χ3v) is 25.3. The number of halogens is 3. The lowest BCUT2D eigenvalue weighted by molar-refractivity contribution is -0.0500. The van der Waals surface area contributed by atoms with E-state index in [2.05, 4.69) is 240 Å². The number of hydrogen-bond donors (Lipinski definition) is 1. The van der Waals surface area contributed by atoms with Crippen LogP contribution in [-0.4, -0.2) is 13.9 Å². The zero-order chi connectivity index (χ0) is 77.7. The van der Waals surface area contributed by atoms with Crippen molar-refractivity contribution in [3.63, 3.8) is 0 Å². The summed E-state index contributed by atoms with van der Waals surface area (Å²) in [5, 5.41) is 12.1. The molecule has 0 bridgehead atoms. The van der Waals surface area contributed by atoms with Crippen LogP contribution in [0.1, 0.15) is 21.3 Å². The van der Waals surface area contributed by atoms with Gasteiger partial charge in [0, 0.05) is 129 Å². The van der Waals surface area contributed by atoms with Crippen molar-refractivity contribution in [1.29, 1.82) is 0 Å². The van der Waals surface area contributed by atoms with Gasteiger partial charge in [-0.1, -0.05) is 228 Å². The Hall–Kier alpha value is -12.4. The molecule has 4 heterocycles. The van der Waals surface area contributed by atoms with Crippen LogP contribution in [0.4, 0.5) is 75.7 Å². The van der Waals surface area contributed by atoms with Crippen molar-refractivity contribution < 1.29 is 25.8 Å². The number of alkyl halides is 3. The smallest absolute Gasteiger partial charge is 0.534 e. The van der Waals surface area contributed by atoms with Crippen LogP contribution in [0.25, 0.3) is 103 Å². The van der Waals surface area contributed by atoms with Crippen molar-refractivity contribution in [2.24, 2.45) is 0 Å². The summed E-state index contributed by atoms with van der Waals surface area (Å²) in [6.45, 7) is 4.00. The Balaban J connectivity index is 0.000000153. The van der Waals surface area contributed by atoms with E-state index in [1.54, 1.807) is 11.3 Å². The minimum atomic E-state index is -5.93. The van der Waals surface area contributed by atoms with Gasteiger partial charge in [0.15, 0.2) is 0 Å². The van der Waals surface area contributed by atoms with Gasteiger partial charge in [-0.25, -0.2) is 0 Å². The molecule has 0 fully saturated rings. The van der Waals surface area contributed by atoms with Crippen molar-refractivity contribution in [3.8, 4) is 28.0 Å². The van der Waals surface area contributed by atoms with E-state index in [4.69, 9.17) is 4.18 Å². The quantitative estimate of drug-likeness (QED) is 0.0623. The largest absolute Gasteiger partial charge is 0.577 e. The van der Waals surface area contributed by atoms with Crippen molar-refractivity contribution in [1.82, 2.24) is 0 Å². The SMILES string of the molecule is C.CC.O=S(=O)(Oc1cc(N(c2ccccc2)c2ccccc2)c2sc3ccc(-c4ccc5sc6ccccc6c5c4)cc3c2c1)C(F)(F)F.[PH2-].c1ccc(N(c2ccccc2)c2cc(N(c3ccccc3)c3ccccc3)c3sc4ccc(-c5ccc6sc7ccccc7c6c5)cc4c3c2)cc1.c1ccc(Nc2ccccc2)cc1. The first-order chi connectivity index (χ1) is 55.9. The second-order valence-corrected chi connectivity index (χ2v) is 32.6. The molecular formula is C100H77F3N4O3PS5-. The zero-order valence-electron chi connectivity index (χ0n) is 62.3. The van der Waals surface area contributed by atoms with Gasteiger partial charge in [0.1, 0.15) is 5.75 Å². The van der Waals surface area contributed by atoms with Crippen molar-refractivity contribution >= 4 is 209 Å². The number of benzene rings is 16. The molecular weight excluding hydrogens is 1550 g/mol. The van der Waals surface area contributed by atoms with Crippen molar-refractivity contribution in [2.75, 3.05) is 20.0 Å². The first-order valence-corrected chi connectivity index (χ1v) is 42.0. The van der Waals surface area contributed by atoms with Crippen LogP contribution in [0, 0.1) is 0 Å². The van der Waals surface area contributed by atoms with Crippen LogP contribution >= 0.6 is 55.2 Å². The van der Waals surface area contributed by atoms with Gasteiger partial charge in [0.05, 0.1) is 20.8 Å². The van der Waals surface area contributed by atoms with Crippen molar-refractivity contribution in [3.05, 3.63) is 388 Å². The summed E-state index contributed by atoms with van der Waals surface area (Å²) < 4.78 is 79.0. The summed E-state index contributed by atoms with van der Waals surface area (Å²) in [4.78, 5) is 6.67. The van der Waals surface area contributed by atoms with Gasteiger partial charge < -0.3 is 34.1 Å². The molecule has 0 amide bonds. The van der Waals surface area contributed by atoms with Gasteiger partial charge in [0.2, 0.25) is 0 Å². The number of para-hydroxylation sites is 8. The van der Waals surface area contributed by atoms with E-state index in [1.165, 1.54) is 89.7 Å². The lowest BCUT2D eigenvalue weighted by Gasteiger charge is -2.30. The molecule has 0 spiro atoms. The number of nitrogens with one attached hydrogen (secondary N) is 1. The molecule has 20 rings (SSSR count). The van der Waals surface area contributed by atoms with Crippen LogP contribution in [-0.2, 0) is 10.1 Å². The van der Waals surface area contributed by atoms with Crippen molar-refractivity contribution in [2.45, 2.75) is 26.8 Å². The lowest BCUT2D eigenvalue weighted by atomic mass is 10.00. The Bertz CT molecular complexity index is 6750. The molecule has 1 N–H and O–H groups in total. The third-order valence-electron chi connectivity index (χ3n) is 19.6. The Kier molecular flexibility index (Phi) is 23.6. The van der Waals surface area contributed by atoms with Gasteiger partial charge in [-0.05, 0) is 198 Å². The van der Waals surface area contributed by atoms with E-state index in [-0.39, 0.29) is 17.3 Å². The maximum atomic E-state index is 13.5. The molecule has 0 aliphatic rings. The summed E-state index contributed by atoms with van der Waals surface area (Å²) in [5.74, 6) is -0.432. The Morgan fingerprint density at radius 3 is 0.905 bits per heavy atom. The van der Waals surface area contributed by atoms with Crippen LogP contribution in [0.2, 0.25) is 0 Å². The van der Waals surface area contributed by atoms with E-state index in [0.717, 1.165) is 88.2 Å². The average molecular weight is 1630 g/mol. The molecule has 572 valence electrons. The van der Waals surface area contributed by atoms with E-state index in [9.17, 15) is 21.6 Å². The predicted molar refractivity (Wildman–Crippen MR) is 499 cm³/mol. The van der Waals surface area contributed by atoms with Gasteiger partial charge in [-0.2, -0.15) is 21.6 Å². The monoisotopic (exact) mass is 1630 g/mol. The summed E-state index contributed by atoms with van der Waals surface area (Å²) in [6.07, 6.45) is 0. The standard InChI is InChI=1S/C48H32N2S2.C37H22F3NO3S3.C12H11N.C2H6.CH4.H2P/c1-5-15-35(16-6-1)49(36-17-7-2-8-18-36)39-31-43-42-30-34(33-25-27-46-41(29-33)40-23-13-14-24-45(40)51-46)26-28-47(42)52-48(43)44(32-39)50(37-19-9-3-10-20-37)38-21-11-4-12-22-38;38-37(39,40)47(42,43)44-27-21-31-30-20-24(23-15-17-34-29(19-23)28-13-7-8-14-33(28)45-34)16-18-35(30)46-36(31)32(22-27)41(25-9-3-1-4-10-25)26-11-5-2-6-12-26;1-3-7-11(8-4-1)13-12-9-5-2-6-10-12;1-2;;/h1-32H;1-22H;1-10,13H;1-2H3;1H4;1H2/q;;;;;-1. The second-order valence-electron chi connectivity index (χ2n) is 26.8. The normalized spacial score (nSPS) is 11.2. The number of thiophene rings is 4. The number of anilines is 11. The highest BCUT2D eigenvalue weighted by Gasteiger charge is 2.49. The summed E-state index contributed by atoms with van der Waals surface area (Å²) in [6, 6.07) is 133. The molecule has 0 unspecified atom stereocenters. The molecule has 116 heavy (non-hydrogen) atoms. The van der Waals surface area contributed by atoms with Gasteiger partial charge in [-0.15, -0.1) is 45.3 Å². The van der Waals surface area contributed by atoms with Crippen LogP contribution in [0.15, 0.2) is 388 Å². The maximum Gasteiger partial charge on any atom is 0.534 e. The third kappa shape index (κ3) is 16.2. The fraction of sp³-hybridized carbons (Fsp3) is 0.0400. The first-order valence-electron chi connectivity index (χ1n) is 37.3. The van der Waals surface area contributed by atoms with Crippen LogP contribution in [0.3, 0.4) is 0 Å². The number of fused-ring (bicyclic) bond motifs is 12. The minimum Gasteiger partial charge on any atom is -0.577 e. The molecule has 16 heteroatoms. The van der Waals surface area contributed by atoms with Crippen LogP contribution < -0.4 is 24.2 Å². The zero-order valence-corrected chi connectivity index (χ0v) is 67.5. The van der Waals surface area contributed by atoms with Gasteiger partial charge >= 0.3 is 15.6 Å². The van der Waals surface area contributed by atoms with E-state index in [1.807, 2.05) is 193 Å². The first kappa shape index (κ1) is 78.8. The Morgan fingerprint density at radius 2 is 0.560 bits per heavy atom. The Labute approximate surface area is 692 Å². The van der Waals surface area contributed by atoms with E-state index < -0.39 is 21.4 Å². The van der Waals surface area contributed by atoms with Gasteiger partial charge in [-0.3, -0.25) is 0 Å². The Morgan fingerprint density at radius 1 is 0.284 bits per heavy atom. The van der Waals surface area contributed by atoms with E-state index in [0.29, 0.717) is 11.1 Å². The highest BCUT2D eigenvalue weighted by molar-refractivity contribution is 7.88. The highest BCUT2D eigenvalue weighted by Crippen LogP contribution is 2.52. The molecule has 0 atom stereocenters. The average Bonchev–Trinajstić information content (AvgIpc) is 1.56. The number of nitrogens with zero attached hydrogens (tertiary/aromatic N) is 3. The molecule has 0 saturated carbocycles. The fourth-order valence-corrected chi connectivity index (χ4v) is 19.5. The molecule has 0 saturated heterocycles. The van der Waals surface area contributed by atoms with E-state index >= 15 is 0 Å². The molecule has 20 aromatic rings. The summed E-state index contributed by atoms with van der Waals surface area (Å²) >= 11 is 6.95. The minimum absolute atomic E-state index is 0. The summed E-state index contributed by atoms with van der Waals surface area (Å²) in [7, 11) is -5.93. The van der Waals surface area contributed by atoms with Crippen LogP contribution in [0.5, 0.6) is 5.75 Å². The predicted octanol–water partition coefficient (Wildman–Crippen LogP) is 32.2. The summed E-state index contributed by atoms with van der Waals surface area (Å²) in [5.41, 5.74) is 9.71. The number of hydrogen-bond acceptors (Lipinski definition) is 11. The fourth-order valence-electron chi connectivity index (χ4n) is 14.5. The molecule has 7 nitrogen and oxygen atoms in total. The highest BCUT2D eigenvalue weighted by atomic mass is 32.2. The number of rotatable bonds is 15. The molecule has 0 aliphatic heterocycles. The molecule has 0 radical (unpaired) electrons. The maximum absolute atomic E-state index is 13.5. The second kappa shape index (κ2) is 34.7.